The predicted molar refractivity (Wildman–Crippen MR) is 87.4 cm³/mol. The van der Waals surface area contributed by atoms with Gasteiger partial charge in [0.15, 0.2) is 0 Å². The van der Waals surface area contributed by atoms with E-state index in [0.29, 0.717) is 0 Å². The number of ether oxygens (including phenoxy) is 2. The lowest BCUT2D eigenvalue weighted by Crippen LogP contribution is -2.14. The van der Waals surface area contributed by atoms with Crippen molar-refractivity contribution in [2.24, 2.45) is 5.73 Å². The molecular weight excluding hydrogens is 386 g/mol. The topological polar surface area (TPSA) is 44.5 Å². The van der Waals surface area contributed by atoms with Crippen LogP contribution in [-0.4, -0.2) is 14.2 Å². The zero-order valence-electron chi connectivity index (χ0n) is 11.2. The second-order valence-corrected chi connectivity index (χ2v) is 5.94. The van der Waals surface area contributed by atoms with Gasteiger partial charge in [0.05, 0.1) is 24.7 Å². The first-order chi connectivity index (χ1) is 9.58. The summed E-state index contributed by atoms with van der Waals surface area (Å²) in [7, 11) is 3.25. The fourth-order valence-corrected chi connectivity index (χ4v) is 3.04. The van der Waals surface area contributed by atoms with Gasteiger partial charge in [0.2, 0.25) is 0 Å². The molecule has 5 heteroatoms. The zero-order chi connectivity index (χ0) is 14.7. The molecule has 2 aromatic rings. The van der Waals surface area contributed by atoms with Crippen molar-refractivity contribution in [1.29, 1.82) is 0 Å². The maximum absolute atomic E-state index is 6.39. The summed E-state index contributed by atoms with van der Waals surface area (Å²) in [6.07, 6.45) is 0. The van der Waals surface area contributed by atoms with Gasteiger partial charge in [-0.05, 0) is 39.7 Å². The lowest BCUT2D eigenvalue weighted by atomic mass is 9.98. The fraction of sp³-hybridized carbons (Fsp3) is 0.200. The summed E-state index contributed by atoms with van der Waals surface area (Å²) in [5, 5.41) is 0. The number of nitrogens with two attached hydrogens (primary N) is 1. The molecule has 0 saturated heterocycles. The highest BCUT2D eigenvalue weighted by molar-refractivity contribution is 9.10. The molecule has 0 aliphatic heterocycles. The van der Waals surface area contributed by atoms with Crippen LogP contribution in [0.25, 0.3) is 0 Å². The Kier molecular flexibility index (Phi) is 5.07. The maximum atomic E-state index is 6.39. The minimum Gasteiger partial charge on any atom is -0.496 e. The highest BCUT2D eigenvalue weighted by Crippen LogP contribution is 2.38. The Morgan fingerprint density at radius 3 is 2.15 bits per heavy atom. The van der Waals surface area contributed by atoms with Crippen LogP contribution in [-0.2, 0) is 0 Å². The number of halogens is 2. The molecule has 20 heavy (non-hydrogen) atoms. The highest BCUT2D eigenvalue weighted by atomic mass is 79.9. The Balaban J connectivity index is 2.53. The summed E-state index contributed by atoms with van der Waals surface area (Å²) in [5.74, 6) is 1.45. The standard InChI is InChI=1S/C15H15Br2NO2/c1-19-13-8-12(17)14(20-2)7-10(13)15(18)9-5-3-4-6-11(9)16/h3-8,15H,18H2,1-2H3. The van der Waals surface area contributed by atoms with Crippen molar-refractivity contribution in [2.45, 2.75) is 6.04 Å². The smallest absolute Gasteiger partial charge is 0.133 e. The molecule has 0 bridgehead atoms. The molecule has 106 valence electrons. The van der Waals surface area contributed by atoms with E-state index >= 15 is 0 Å². The van der Waals surface area contributed by atoms with Crippen LogP contribution in [0.15, 0.2) is 45.3 Å². The monoisotopic (exact) mass is 399 g/mol. The zero-order valence-corrected chi connectivity index (χ0v) is 14.4. The summed E-state index contributed by atoms with van der Waals surface area (Å²) in [5.41, 5.74) is 8.26. The van der Waals surface area contributed by atoms with E-state index < -0.39 is 0 Å². The molecule has 0 amide bonds. The third-order valence-electron chi connectivity index (χ3n) is 3.08. The molecule has 0 aliphatic rings. The number of rotatable bonds is 4. The number of methoxy groups -OCH3 is 2. The molecule has 0 radical (unpaired) electrons. The van der Waals surface area contributed by atoms with Crippen molar-refractivity contribution in [3.05, 3.63) is 56.5 Å². The summed E-state index contributed by atoms with van der Waals surface area (Å²) < 4.78 is 12.6. The van der Waals surface area contributed by atoms with E-state index in [2.05, 4.69) is 31.9 Å². The van der Waals surface area contributed by atoms with Crippen LogP contribution in [0.3, 0.4) is 0 Å². The predicted octanol–water partition coefficient (Wildman–Crippen LogP) is 4.28. The normalized spacial score (nSPS) is 12.1. The van der Waals surface area contributed by atoms with Gasteiger partial charge < -0.3 is 15.2 Å². The number of hydrogen-bond donors (Lipinski definition) is 1. The average Bonchev–Trinajstić information content (AvgIpc) is 2.46. The summed E-state index contributed by atoms with van der Waals surface area (Å²) in [6.45, 7) is 0. The van der Waals surface area contributed by atoms with Crippen LogP contribution in [0.4, 0.5) is 0 Å². The molecule has 0 saturated carbocycles. The van der Waals surface area contributed by atoms with Crippen LogP contribution in [0.5, 0.6) is 11.5 Å². The van der Waals surface area contributed by atoms with Gasteiger partial charge in [-0.15, -0.1) is 0 Å². The van der Waals surface area contributed by atoms with Crippen molar-refractivity contribution < 1.29 is 9.47 Å². The quantitative estimate of drug-likeness (QED) is 0.832. The minimum absolute atomic E-state index is 0.303. The van der Waals surface area contributed by atoms with Crippen molar-refractivity contribution in [2.75, 3.05) is 14.2 Å². The van der Waals surface area contributed by atoms with Crippen LogP contribution in [0, 0.1) is 0 Å². The fourth-order valence-electron chi connectivity index (χ4n) is 2.02. The summed E-state index contributed by atoms with van der Waals surface area (Å²) in [6, 6.07) is 11.3. The van der Waals surface area contributed by atoms with Gasteiger partial charge in [-0.3, -0.25) is 0 Å². The molecule has 0 aromatic heterocycles. The highest BCUT2D eigenvalue weighted by Gasteiger charge is 2.18. The molecule has 1 atom stereocenters. The van der Waals surface area contributed by atoms with E-state index in [-0.39, 0.29) is 6.04 Å². The van der Waals surface area contributed by atoms with E-state index in [0.717, 1.165) is 31.6 Å². The van der Waals surface area contributed by atoms with Crippen LogP contribution in [0.1, 0.15) is 17.2 Å². The number of benzene rings is 2. The average molecular weight is 401 g/mol. The maximum Gasteiger partial charge on any atom is 0.133 e. The van der Waals surface area contributed by atoms with E-state index in [1.807, 2.05) is 36.4 Å². The third-order valence-corrected chi connectivity index (χ3v) is 4.42. The Bertz CT molecular complexity index is 617. The Morgan fingerprint density at radius 2 is 1.55 bits per heavy atom. The first-order valence-corrected chi connectivity index (χ1v) is 7.58. The van der Waals surface area contributed by atoms with Crippen molar-refractivity contribution in [3.63, 3.8) is 0 Å². The van der Waals surface area contributed by atoms with Crippen molar-refractivity contribution in [3.8, 4) is 11.5 Å². The first kappa shape index (κ1) is 15.4. The molecule has 3 nitrogen and oxygen atoms in total. The molecule has 2 N–H and O–H groups in total. The van der Waals surface area contributed by atoms with Crippen molar-refractivity contribution >= 4 is 31.9 Å². The van der Waals surface area contributed by atoms with E-state index in [4.69, 9.17) is 15.2 Å². The SMILES string of the molecule is COc1cc(C(N)c2ccccc2Br)c(OC)cc1Br. The van der Waals surface area contributed by atoms with Crippen LogP contribution >= 0.6 is 31.9 Å². The van der Waals surface area contributed by atoms with E-state index in [1.165, 1.54) is 0 Å². The van der Waals surface area contributed by atoms with Crippen molar-refractivity contribution in [1.82, 2.24) is 0 Å². The Morgan fingerprint density at radius 1 is 0.900 bits per heavy atom. The van der Waals surface area contributed by atoms with Gasteiger partial charge in [0.1, 0.15) is 11.5 Å². The van der Waals surface area contributed by atoms with Gasteiger partial charge in [0.25, 0.3) is 0 Å². The molecule has 0 fully saturated rings. The van der Waals surface area contributed by atoms with Gasteiger partial charge in [-0.25, -0.2) is 0 Å². The molecular formula is C15H15Br2NO2. The molecule has 2 rings (SSSR count). The van der Waals surface area contributed by atoms with Crippen LogP contribution < -0.4 is 15.2 Å². The largest absolute Gasteiger partial charge is 0.496 e. The van der Waals surface area contributed by atoms with Gasteiger partial charge in [-0.1, -0.05) is 34.1 Å². The Hall–Kier alpha value is -1.04. The lowest BCUT2D eigenvalue weighted by molar-refractivity contribution is 0.395. The molecule has 0 heterocycles. The number of hydrogen-bond acceptors (Lipinski definition) is 3. The van der Waals surface area contributed by atoms with Gasteiger partial charge >= 0.3 is 0 Å². The second-order valence-electron chi connectivity index (χ2n) is 4.23. The van der Waals surface area contributed by atoms with E-state index in [9.17, 15) is 0 Å². The second kappa shape index (κ2) is 6.61. The first-order valence-electron chi connectivity index (χ1n) is 6.00. The minimum atomic E-state index is -0.303. The third kappa shape index (κ3) is 3.00. The van der Waals surface area contributed by atoms with Gasteiger partial charge in [0, 0.05) is 10.0 Å². The molecule has 1 unspecified atom stereocenters. The summed E-state index contributed by atoms with van der Waals surface area (Å²) in [4.78, 5) is 0. The van der Waals surface area contributed by atoms with Gasteiger partial charge in [-0.2, -0.15) is 0 Å². The molecule has 2 aromatic carbocycles. The Labute approximate surface area is 135 Å². The van der Waals surface area contributed by atoms with E-state index in [1.54, 1.807) is 14.2 Å². The summed E-state index contributed by atoms with van der Waals surface area (Å²) >= 11 is 6.98. The lowest BCUT2D eigenvalue weighted by Gasteiger charge is -2.19. The van der Waals surface area contributed by atoms with Crippen LogP contribution in [0.2, 0.25) is 0 Å². The molecule has 0 aliphatic carbocycles. The molecule has 0 spiro atoms.